The number of rotatable bonds is 7. The molecule has 2 aliphatic rings. The van der Waals surface area contributed by atoms with Gasteiger partial charge in [0.15, 0.2) is 6.61 Å². The van der Waals surface area contributed by atoms with E-state index in [0.717, 1.165) is 5.56 Å². The number of anilines is 1. The summed E-state index contributed by atoms with van der Waals surface area (Å²) in [4.78, 5) is 15.0. The molecule has 2 aromatic carbocycles. The first-order chi connectivity index (χ1) is 15.7. The number of ether oxygens (including phenoxy) is 2. The van der Waals surface area contributed by atoms with E-state index in [1.54, 1.807) is 17.0 Å². The Morgan fingerprint density at radius 1 is 0.939 bits per heavy atom. The van der Waals surface area contributed by atoms with Gasteiger partial charge in [-0.2, -0.15) is 13.2 Å². The summed E-state index contributed by atoms with van der Waals surface area (Å²) in [7, 11) is 0. The summed E-state index contributed by atoms with van der Waals surface area (Å²) in [6, 6.07) is 15.9. The van der Waals surface area contributed by atoms with Crippen LogP contribution in [0.1, 0.15) is 37.7 Å². The molecule has 1 heterocycles. The number of halogens is 3. The van der Waals surface area contributed by atoms with Gasteiger partial charge in [0.25, 0.3) is 0 Å². The first-order valence-electron chi connectivity index (χ1n) is 11.1. The molecule has 4 rings (SSSR count). The third-order valence-electron chi connectivity index (χ3n) is 6.68. The van der Waals surface area contributed by atoms with Crippen LogP contribution in [0.2, 0.25) is 0 Å². The molecule has 1 N–H and O–H groups in total. The van der Waals surface area contributed by atoms with Crippen LogP contribution < -0.4 is 9.64 Å². The molecule has 2 fully saturated rings. The van der Waals surface area contributed by atoms with Crippen molar-refractivity contribution in [3.05, 3.63) is 60.2 Å². The van der Waals surface area contributed by atoms with E-state index in [0.29, 0.717) is 50.9 Å². The molecule has 0 radical (unpaired) electrons. The minimum absolute atomic E-state index is 0.0127. The SMILES string of the molecule is O=C1N(c2ccc(OCC(F)(F)F)cc2)CC[C@]12CC[C@](O)(COCc1ccccc1)CC2. The predicted molar refractivity (Wildman–Crippen MR) is 117 cm³/mol. The highest BCUT2D eigenvalue weighted by Crippen LogP contribution is 2.48. The Bertz CT molecular complexity index is 938. The maximum atomic E-state index is 13.3. The first kappa shape index (κ1) is 23.6. The maximum absolute atomic E-state index is 13.3. The van der Waals surface area contributed by atoms with Crippen molar-refractivity contribution in [2.75, 3.05) is 24.7 Å². The molecular formula is C25H28F3NO4. The van der Waals surface area contributed by atoms with E-state index in [1.807, 2.05) is 30.3 Å². The zero-order chi connectivity index (χ0) is 23.5. The molecule has 0 unspecified atom stereocenters. The van der Waals surface area contributed by atoms with Crippen molar-refractivity contribution in [2.45, 2.75) is 50.5 Å². The lowest BCUT2D eigenvalue weighted by Gasteiger charge is -2.40. The van der Waals surface area contributed by atoms with Gasteiger partial charge in [0.1, 0.15) is 5.75 Å². The molecule has 1 amide bonds. The predicted octanol–water partition coefficient (Wildman–Crippen LogP) is 4.87. The minimum atomic E-state index is -4.40. The molecule has 1 saturated heterocycles. The largest absolute Gasteiger partial charge is 0.484 e. The molecule has 1 saturated carbocycles. The number of hydrogen-bond donors (Lipinski definition) is 1. The second-order valence-corrected chi connectivity index (χ2v) is 9.09. The van der Waals surface area contributed by atoms with Crippen LogP contribution >= 0.6 is 0 Å². The summed E-state index contributed by atoms with van der Waals surface area (Å²) in [5.74, 6) is 0.120. The normalized spacial score (nSPS) is 25.6. The smallest absolute Gasteiger partial charge is 0.422 e. The molecule has 33 heavy (non-hydrogen) atoms. The fourth-order valence-electron chi connectivity index (χ4n) is 4.69. The third kappa shape index (κ3) is 5.68. The van der Waals surface area contributed by atoms with Crippen molar-refractivity contribution in [3.8, 4) is 5.75 Å². The summed E-state index contributed by atoms with van der Waals surface area (Å²) in [6.45, 7) is -0.139. The molecule has 1 aliphatic carbocycles. The Morgan fingerprint density at radius 2 is 1.61 bits per heavy atom. The fraction of sp³-hybridized carbons (Fsp3) is 0.480. The molecule has 0 bridgehead atoms. The second kappa shape index (κ2) is 9.35. The highest BCUT2D eigenvalue weighted by molar-refractivity contribution is 6.00. The molecule has 0 atom stereocenters. The molecular weight excluding hydrogens is 435 g/mol. The molecule has 5 nitrogen and oxygen atoms in total. The number of amides is 1. The van der Waals surface area contributed by atoms with Gasteiger partial charge in [0, 0.05) is 12.2 Å². The van der Waals surface area contributed by atoms with Gasteiger partial charge >= 0.3 is 6.18 Å². The zero-order valence-electron chi connectivity index (χ0n) is 18.3. The van der Waals surface area contributed by atoms with E-state index < -0.39 is 23.8 Å². The number of aliphatic hydroxyl groups is 1. The van der Waals surface area contributed by atoms with Gasteiger partial charge in [-0.25, -0.2) is 0 Å². The van der Waals surface area contributed by atoms with Crippen LogP contribution in [0.5, 0.6) is 5.75 Å². The standard InChI is InChI=1S/C25H28F3NO4/c26-25(27,28)18-33-21-8-6-20(7-9-21)29-15-14-23(22(29)30)10-12-24(31,13-11-23)17-32-16-19-4-2-1-3-5-19/h1-9,31H,10-18H2/t23-,24-. The van der Waals surface area contributed by atoms with E-state index in [4.69, 9.17) is 9.47 Å². The van der Waals surface area contributed by atoms with Crippen molar-refractivity contribution in [1.29, 1.82) is 0 Å². The molecule has 178 valence electrons. The van der Waals surface area contributed by atoms with Gasteiger partial charge in [0.05, 0.1) is 24.2 Å². The average molecular weight is 463 g/mol. The Kier molecular flexibility index (Phi) is 6.68. The second-order valence-electron chi connectivity index (χ2n) is 9.09. The highest BCUT2D eigenvalue weighted by atomic mass is 19.4. The zero-order valence-corrected chi connectivity index (χ0v) is 18.3. The lowest BCUT2D eigenvalue weighted by atomic mass is 9.68. The first-order valence-corrected chi connectivity index (χ1v) is 11.1. The molecule has 2 aromatic rings. The van der Waals surface area contributed by atoms with E-state index >= 15 is 0 Å². The monoisotopic (exact) mass is 463 g/mol. The van der Waals surface area contributed by atoms with Gasteiger partial charge in [-0.1, -0.05) is 30.3 Å². The number of alkyl halides is 3. The summed E-state index contributed by atoms with van der Waals surface area (Å²) >= 11 is 0. The van der Waals surface area contributed by atoms with Crippen LogP contribution in [0.25, 0.3) is 0 Å². The summed E-state index contributed by atoms with van der Waals surface area (Å²) in [5, 5.41) is 11.0. The molecule has 1 aliphatic heterocycles. The van der Waals surface area contributed by atoms with Gasteiger partial charge in [-0.15, -0.1) is 0 Å². The number of carbonyl (C=O) groups excluding carboxylic acids is 1. The Morgan fingerprint density at radius 3 is 2.24 bits per heavy atom. The van der Waals surface area contributed by atoms with Crippen LogP contribution in [-0.4, -0.2) is 42.5 Å². The van der Waals surface area contributed by atoms with Crippen molar-refractivity contribution in [1.82, 2.24) is 0 Å². The topological polar surface area (TPSA) is 59.0 Å². The Balaban J connectivity index is 1.30. The van der Waals surface area contributed by atoms with Crippen LogP contribution in [-0.2, 0) is 16.1 Å². The molecule has 1 spiro atoms. The Hall–Kier alpha value is -2.58. The molecule has 0 aromatic heterocycles. The van der Waals surface area contributed by atoms with Crippen molar-refractivity contribution < 1.29 is 32.5 Å². The van der Waals surface area contributed by atoms with Crippen molar-refractivity contribution in [2.24, 2.45) is 5.41 Å². The van der Waals surface area contributed by atoms with Crippen molar-refractivity contribution in [3.63, 3.8) is 0 Å². The fourth-order valence-corrected chi connectivity index (χ4v) is 4.69. The van der Waals surface area contributed by atoms with E-state index in [9.17, 15) is 23.1 Å². The van der Waals surface area contributed by atoms with E-state index in [-0.39, 0.29) is 18.3 Å². The average Bonchev–Trinajstić information content (AvgIpc) is 3.11. The lowest BCUT2D eigenvalue weighted by Crippen LogP contribution is -2.45. The van der Waals surface area contributed by atoms with Crippen LogP contribution in [0.3, 0.4) is 0 Å². The Labute approximate surface area is 191 Å². The molecule has 8 heteroatoms. The maximum Gasteiger partial charge on any atom is 0.422 e. The summed E-state index contributed by atoms with van der Waals surface area (Å²) < 4.78 is 47.4. The van der Waals surface area contributed by atoms with Gasteiger partial charge < -0.3 is 19.5 Å². The van der Waals surface area contributed by atoms with Crippen LogP contribution in [0.15, 0.2) is 54.6 Å². The highest BCUT2D eigenvalue weighted by Gasteiger charge is 2.51. The van der Waals surface area contributed by atoms with Gasteiger partial charge in [-0.05, 0) is 61.9 Å². The van der Waals surface area contributed by atoms with Crippen LogP contribution in [0, 0.1) is 5.41 Å². The van der Waals surface area contributed by atoms with E-state index in [2.05, 4.69) is 0 Å². The quantitative estimate of drug-likeness (QED) is 0.636. The summed E-state index contributed by atoms with van der Waals surface area (Å²) in [6.07, 6.45) is -1.55. The number of nitrogens with zero attached hydrogens (tertiary/aromatic N) is 1. The number of hydrogen-bond acceptors (Lipinski definition) is 4. The lowest BCUT2D eigenvalue weighted by molar-refractivity contribution is -0.153. The van der Waals surface area contributed by atoms with Crippen molar-refractivity contribution >= 4 is 11.6 Å². The third-order valence-corrected chi connectivity index (χ3v) is 6.68. The number of benzene rings is 2. The van der Waals surface area contributed by atoms with Crippen LogP contribution in [0.4, 0.5) is 18.9 Å². The number of carbonyl (C=O) groups is 1. The van der Waals surface area contributed by atoms with E-state index in [1.165, 1.54) is 12.1 Å². The minimum Gasteiger partial charge on any atom is -0.484 e. The van der Waals surface area contributed by atoms with Gasteiger partial charge in [-0.3, -0.25) is 4.79 Å². The summed E-state index contributed by atoms with van der Waals surface area (Å²) in [5.41, 5.74) is 0.246. The van der Waals surface area contributed by atoms with Gasteiger partial charge in [0.2, 0.25) is 5.91 Å².